The van der Waals surface area contributed by atoms with Crippen LogP contribution in [-0.2, 0) is 0 Å². The van der Waals surface area contributed by atoms with Gasteiger partial charge in [0.15, 0.2) is 0 Å². The molecule has 0 saturated carbocycles. The summed E-state index contributed by atoms with van der Waals surface area (Å²) in [5.41, 5.74) is -0.837. The molecule has 15 heavy (non-hydrogen) atoms. The molecule has 0 saturated heterocycles. The second-order valence-electron chi connectivity index (χ2n) is 3.61. The lowest BCUT2D eigenvalue weighted by Crippen LogP contribution is -2.33. The SMILES string of the molecule is O=c1ccn(C2C=CCC2CO)c(=O)[nH]1. The van der Waals surface area contributed by atoms with Crippen molar-refractivity contribution in [2.45, 2.75) is 12.5 Å². The van der Waals surface area contributed by atoms with Crippen LogP contribution in [0.1, 0.15) is 12.5 Å². The Labute approximate surface area is 85.7 Å². The van der Waals surface area contributed by atoms with E-state index in [0.717, 1.165) is 6.42 Å². The van der Waals surface area contributed by atoms with Crippen LogP contribution in [0.5, 0.6) is 0 Å². The maximum Gasteiger partial charge on any atom is 0.328 e. The van der Waals surface area contributed by atoms with Gasteiger partial charge in [0.2, 0.25) is 0 Å². The van der Waals surface area contributed by atoms with Gasteiger partial charge in [0.1, 0.15) is 0 Å². The first-order chi connectivity index (χ1) is 7.22. The minimum absolute atomic E-state index is 0.0219. The number of hydrogen-bond donors (Lipinski definition) is 2. The van der Waals surface area contributed by atoms with Crippen molar-refractivity contribution in [1.29, 1.82) is 0 Å². The Balaban J connectivity index is 2.41. The Kier molecular flexibility index (Phi) is 2.55. The fourth-order valence-corrected chi connectivity index (χ4v) is 1.85. The monoisotopic (exact) mass is 208 g/mol. The zero-order valence-electron chi connectivity index (χ0n) is 8.09. The first-order valence-electron chi connectivity index (χ1n) is 4.81. The maximum absolute atomic E-state index is 11.5. The van der Waals surface area contributed by atoms with E-state index in [1.165, 1.54) is 16.8 Å². The van der Waals surface area contributed by atoms with Crippen LogP contribution in [0.4, 0.5) is 0 Å². The molecule has 0 aliphatic heterocycles. The van der Waals surface area contributed by atoms with E-state index in [1.807, 2.05) is 12.2 Å². The highest BCUT2D eigenvalue weighted by Gasteiger charge is 2.24. The van der Waals surface area contributed by atoms with E-state index < -0.39 is 11.2 Å². The minimum Gasteiger partial charge on any atom is -0.396 e. The molecule has 5 nitrogen and oxygen atoms in total. The molecule has 1 aliphatic rings. The lowest BCUT2D eigenvalue weighted by molar-refractivity contribution is 0.202. The summed E-state index contributed by atoms with van der Waals surface area (Å²) < 4.78 is 1.44. The molecule has 0 amide bonds. The van der Waals surface area contributed by atoms with E-state index in [0.29, 0.717) is 0 Å². The van der Waals surface area contributed by atoms with Crippen molar-refractivity contribution >= 4 is 0 Å². The summed E-state index contributed by atoms with van der Waals surface area (Å²) in [6.07, 6.45) is 6.03. The van der Waals surface area contributed by atoms with E-state index in [2.05, 4.69) is 4.98 Å². The Morgan fingerprint density at radius 3 is 3.00 bits per heavy atom. The molecule has 2 N–H and O–H groups in total. The van der Waals surface area contributed by atoms with Gasteiger partial charge in [-0.25, -0.2) is 4.79 Å². The third kappa shape index (κ3) is 1.78. The van der Waals surface area contributed by atoms with Crippen LogP contribution < -0.4 is 11.2 Å². The number of aromatic nitrogens is 2. The van der Waals surface area contributed by atoms with Crippen molar-refractivity contribution in [2.75, 3.05) is 6.61 Å². The number of rotatable bonds is 2. The minimum atomic E-state index is -0.433. The molecule has 2 unspecified atom stereocenters. The van der Waals surface area contributed by atoms with Crippen LogP contribution in [-0.4, -0.2) is 21.3 Å². The molecular formula is C10H12N2O3. The van der Waals surface area contributed by atoms with Gasteiger partial charge < -0.3 is 5.11 Å². The molecule has 0 fully saturated rings. The molecule has 0 aromatic carbocycles. The van der Waals surface area contributed by atoms with Gasteiger partial charge in [-0.2, -0.15) is 0 Å². The molecule has 2 rings (SSSR count). The van der Waals surface area contributed by atoms with Gasteiger partial charge in [0.05, 0.1) is 6.04 Å². The lowest BCUT2D eigenvalue weighted by atomic mass is 10.0. The van der Waals surface area contributed by atoms with Gasteiger partial charge in [-0.1, -0.05) is 12.2 Å². The number of aromatic amines is 1. The molecule has 80 valence electrons. The molecule has 1 aromatic rings. The number of hydrogen-bond acceptors (Lipinski definition) is 3. The second kappa shape index (κ2) is 3.86. The highest BCUT2D eigenvalue weighted by atomic mass is 16.3. The molecule has 1 aromatic heterocycles. The van der Waals surface area contributed by atoms with E-state index in [4.69, 9.17) is 5.11 Å². The Bertz CT molecular complexity index is 486. The fraction of sp³-hybridized carbons (Fsp3) is 0.400. The van der Waals surface area contributed by atoms with E-state index in [-0.39, 0.29) is 18.6 Å². The Hall–Kier alpha value is -1.62. The Morgan fingerprint density at radius 1 is 1.53 bits per heavy atom. The van der Waals surface area contributed by atoms with Crippen LogP contribution >= 0.6 is 0 Å². The highest BCUT2D eigenvalue weighted by Crippen LogP contribution is 2.27. The molecule has 0 spiro atoms. The summed E-state index contributed by atoms with van der Waals surface area (Å²) in [7, 11) is 0. The largest absolute Gasteiger partial charge is 0.396 e. The maximum atomic E-state index is 11.5. The van der Waals surface area contributed by atoms with Crippen molar-refractivity contribution in [3.8, 4) is 0 Å². The highest BCUT2D eigenvalue weighted by molar-refractivity contribution is 5.06. The van der Waals surface area contributed by atoms with E-state index in [9.17, 15) is 9.59 Å². The van der Waals surface area contributed by atoms with Gasteiger partial charge in [-0.05, 0) is 6.42 Å². The number of H-pyrrole nitrogens is 1. The quantitative estimate of drug-likeness (QED) is 0.652. The third-order valence-electron chi connectivity index (χ3n) is 2.66. The molecule has 1 aliphatic carbocycles. The number of aliphatic hydroxyl groups is 1. The van der Waals surface area contributed by atoms with Crippen molar-refractivity contribution in [3.05, 3.63) is 45.3 Å². The average Bonchev–Trinajstić information content (AvgIpc) is 2.65. The van der Waals surface area contributed by atoms with Crippen molar-refractivity contribution < 1.29 is 5.11 Å². The summed E-state index contributed by atoms with van der Waals surface area (Å²) in [4.78, 5) is 24.5. The number of nitrogens with zero attached hydrogens (tertiary/aromatic N) is 1. The van der Waals surface area contributed by atoms with Gasteiger partial charge in [-0.3, -0.25) is 14.3 Å². The predicted octanol–water partition coefficient (Wildman–Crippen LogP) is -0.354. The second-order valence-corrected chi connectivity index (χ2v) is 3.61. The molecule has 0 bridgehead atoms. The topological polar surface area (TPSA) is 75.1 Å². The molecular weight excluding hydrogens is 196 g/mol. The van der Waals surface area contributed by atoms with Gasteiger partial charge in [0.25, 0.3) is 5.56 Å². The van der Waals surface area contributed by atoms with Crippen LogP contribution in [0, 0.1) is 5.92 Å². The third-order valence-corrected chi connectivity index (χ3v) is 2.66. The first kappa shape index (κ1) is 9.92. The average molecular weight is 208 g/mol. The zero-order chi connectivity index (χ0) is 10.8. The number of allylic oxidation sites excluding steroid dienone is 2. The summed E-state index contributed by atoms with van der Waals surface area (Å²) in [5, 5.41) is 9.12. The van der Waals surface area contributed by atoms with Crippen molar-refractivity contribution in [1.82, 2.24) is 9.55 Å². The smallest absolute Gasteiger partial charge is 0.328 e. The number of nitrogens with one attached hydrogen (secondary N) is 1. The van der Waals surface area contributed by atoms with Crippen molar-refractivity contribution in [3.63, 3.8) is 0 Å². The van der Waals surface area contributed by atoms with Gasteiger partial charge in [0, 0.05) is 24.8 Å². The first-order valence-corrected chi connectivity index (χ1v) is 4.81. The van der Waals surface area contributed by atoms with E-state index >= 15 is 0 Å². The van der Waals surface area contributed by atoms with Crippen LogP contribution in [0.2, 0.25) is 0 Å². The summed E-state index contributed by atoms with van der Waals surface area (Å²) >= 11 is 0. The standard InChI is InChI=1S/C10H12N2O3/c13-6-7-2-1-3-8(7)12-5-4-9(14)11-10(12)15/h1,3-5,7-8,13H,2,6H2,(H,11,14,15). The zero-order valence-corrected chi connectivity index (χ0v) is 8.09. The number of aliphatic hydroxyl groups excluding tert-OH is 1. The van der Waals surface area contributed by atoms with Crippen LogP contribution in [0.15, 0.2) is 34.0 Å². The lowest BCUT2D eigenvalue weighted by Gasteiger charge is -2.18. The fourth-order valence-electron chi connectivity index (χ4n) is 1.85. The molecule has 1 heterocycles. The summed E-state index contributed by atoms with van der Waals surface area (Å²) in [5.74, 6) is 0.0219. The molecule has 2 atom stereocenters. The van der Waals surface area contributed by atoms with Crippen molar-refractivity contribution in [2.24, 2.45) is 5.92 Å². The molecule has 0 radical (unpaired) electrons. The molecule has 5 heteroatoms. The van der Waals surface area contributed by atoms with Crippen LogP contribution in [0.25, 0.3) is 0 Å². The van der Waals surface area contributed by atoms with E-state index in [1.54, 1.807) is 0 Å². The van der Waals surface area contributed by atoms with Gasteiger partial charge in [-0.15, -0.1) is 0 Å². The summed E-state index contributed by atoms with van der Waals surface area (Å²) in [6, 6.07) is 1.15. The van der Waals surface area contributed by atoms with Gasteiger partial charge >= 0.3 is 5.69 Å². The summed E-state index contributed by atoms with van der Waals surface area (Å²) in [6.45, 7) is 0.0310. The normalized spacial score (nSPS) is 24.6. The Morgan fingerprint density at radius 2 is 2.33 bits per heavy atom. The predicted molar refractivity (Wildman–Crippen MR) is 54.7 cm³/mol. The van der Waals surface area contributed by atoms with Crippen LogP contribution in [0.3, 0.4) is 0 Å².